The number of hydrogen-bond acceptors (Lipinski definition) is 2. The van der Waals surface area contributed by atoms with E-state index in [-0.39, 0.29) is 41.8 Å². The second-order valence-corrected chi connectivity index (χ2v) is 4.93. The molecule has 0 saturated heterocycles. The number of guanidine groups is 1. The lowest BCUT2D eigenvalue weighted by Gasteiger charge is -2.06. The summed E-state index contributed by atoms with van der Waals surface area (Å²) in [6, 6.07) is 7.09. The average molecular weight is 407 g/mol. The van der Waals surface area contributed by atoms with Crippen molar-refractivity contribution in [2.75, 3.05) is 19.8 Å². The van der Waals surface area contributed by atoms with Gasteiger partial charge in [-0.15, -0.1) is 24.0 Å². The van der Waals surface area contributed by atoms with Gasteiger partial charge in [0.15, 0.2) is 5.96 Å². The van der Waals surface area contributed by atoms with E-state index in [2.05, 4.69) is 10.3 Å². The minimum atomic E-state index is -0.144. The molecule has 0 heterocycles. The van der Waals surface area contributed by atoms with Crippen molar-refractivity contribution in [2.45, 2.75) is 31.7 Å². The van der Waals surface area contributed by atoms with Crippen LogP contribution >= 0.6 is 24.0 Å². The van der Waals surface area contributed by atoms with Crippen molar-refractivity contribution >= 4 is 29.9 Å². The molecule has 0 radical (unpaired) electrons. The van der Waals surface area contributed by atoms with E-state index in [0.717, 1.165) is 25.0 Å². The molecule has 21 heavy (non-hydrogen) atoms. The predicted octanol–water partition coefficient (Wildman–Crippen LogP) is 2.63. The highest BCUT2D eigenvalue weighted by atomic mass is 127. The summed E-state index contributed by atoms with van der Waals surface area (Å²) in [5.41, 5.74) is 6.57. The maximum Gasteiger partial charge on any atom is 0.188 e. The van der Waals surface area contributed by atoms with Gasteiger partial charge in [-0.2, -0.15) is 0 Å². The average Bonchev–Trinajstić information content (AvgIpc) is 3.18. The van der Waals surface area contributed by atoms with Crippen molar-refractivity contribution in [3.05, 3.63) is 35.6 Å². The number of nitrogens with zero attached hydrogens (tertiary/aromatic N) is 1. The first-order valence-corrected chi connectivity index (χ1v) is 7.11. The molecule has 2 atom stereocenters. The maximum atomic E-state index is 13.6. The standard InChI is InChI=1S/C15H22FN3O.HI/c1-2-20-9-5-8-18-15(17)19-14-10-12(14)11-6-3-4-7-13(11)16;/h3-4,6-7,12,14H,2,5,8-10H2,1H3,(H3,17,18,19);1H. The van der Waals surface area contributed by atoms with Gasteiger partial charge >= 0.3 is 0 Å². The highest BCUT2D eigenvalue weighted by molar-refractivity contribution is 14.0. The van der Waals surface area contributed by atoms with E-state index in [1.165, 1.54) is 6.07 Å². The van der Waals surface area contributed by atoms with Crippen LogP contribution in [0.1, 0.15) is 31.2 Å². The zero-order valence-corrected chi connectivity index (χ0v) is 14.5. The monoisotopic (exact) mass is 407 g/mol. The Kier molecular flexibility index (Phi) is 7.95. The highest BCUT2D eigenvalue weighted by Crippen LogP contribution is 2.41. The summed E-state index contributed by atoms with van der Waals surface area (Å²) < 4.78 is 18.8. The van der Waals surface area contributed by atoms with Crippen molar-refractivity contribution in [3.63, 3.8) is 0 Å². The van der Waals surface area contributed by atoms with Crippen molar-refractivity contribution in [1.82, 2.24) is 5.32 Å². The summed E-state index contributed by atoms with van der Waals surface area (Å²) in [5.74, 6) is 0.493. The minimum Gasteiger partial charge on any atom is -0.382 e. The third kappa shape index (κ3) is 5.78. The molecule has 2 rings (SSSR count). The van der Waals surface area contributed by atoms with Gasteiger partial charge in [0.1, 0.15) is 5.82 Å². The predicted molar refractivity (Wildman–Crippen MR) is 93.7 cm³/mol. The number of ether oxygens (including phenoxy) is 1. The smallest absolute Gasteiger partial charge is 0.188 e. The second kappa shape index (κ2) is 9.19. The van der Waals surface area contributed by atoms with Crippen LogP contribution < -0.4 is 11.1 Å². The van der Waals surface area contributed by atoms with Gasteiger partial charge in [-0.25, -0.2) is 4.39 Å². The molecule has 1 aromatic carbocycles. The van der Waals surface area contributed by atoms with E-state index < -0.39 is 0 Å². The number of halogens is 2. The van der Waals surface area contributed by atoms with E-state index in [1.54, 1.807) is 6.07 Å². The van der Waals surface area contributed by atoms with E-state index in [0.29, 0.717) is 19.1 Å². The third-order valence-corrected chi connectivity index (χ3v) is 3.36. The Labute approximate surface area is 142 Å². The molecule has 0 aromatic heterocycles. The van der Waals surface area contributed by atoms with Crippen LogP contribution in [0.2, 0.25) is 0 Å². The first-order valence-electron chi connectivity index (χ1n) is 7.11. The molecule has 1 aromatic rings. The molecule has 6 heteroatoms. The SMILES string of the molecule is CCOCCCN=C(N)NC1CC1c1ccccc1F.I. The van der Waals surface area contributed by atoms with Crippen LogP contribution in [0.3, 0.4) is 0 Å². The van der Waals surface area contributed by atoms with E-state index in [4.69, 9.17) is 10.5 Å². The molecule has 1 saturated carbocycles. The lowest BCUT2D eigenvalue weighted by Crippen LogP contribution is -2.34. The lowest BCUT2D eigenvalue weighted by molar-refractivity contribution is 0.146. The minimum absolute atomic E-state index is 0. The van der Waals surface area contributed by atoms with Crippen LogP contribution in [0.25, 0.3) is 0 Å². The van der Waals surface area contributed by atoms with E-state index >= 15 is 0 Å². The molecule has 1 fully saturated rings. The molecule has 3 N–H and O–H groups in total. The van der Waals surface area contributed by atoms with Gasteiger partial charge in [0.2, 0.25) is 0 Å². The molecular weight excluding hydrogens is 384 g/mol. The van der Waals surface area contributed by atoms with Gasteiger partial charge in [0.05, 0.1) is 0 Å². The fourth-order valence-electron chi connectivity index (χ4n) is 2.22. The Morgan fingerprint density at radius 1 is 1.48 bits per heavy atom. The number of nitrogens with one attached hydrogen (secondary N) is 1. The van der Waals surface area contributed by atoms with Gasteiger partial charge in [-0.1, -0.05) is 18.2 Å². The molecule has 2 unspecified atom stereocenters. The van der Waals surface area contributed by atoms with E-state index in [1.807, 2.05) is 19.1 Å². The number of aliphatic imine (C=N–C) groups is 1. The summed E-state index contributed by atoms with van der Waals surface area (Å²) in [5, 5.41) is 3.14. The Balaban J connectivity index is 0.00000220. The summed E-state index contributed by atoms with van der Waals surface area (Å²) in [6.45, 7) is 4.05. The van der Waals surface area contributed by atoms with E-state index in [9.17, 15) is 4.39 Å². The fourth-order valence-corrected chi connectivity index (χ4v) is 2.22. The van der Waals surface area contributed by atoms with Gasteiger partial charge in [0, 0.05) is 31.7 Å². The summed E-state index contributed by atoms with van der Waals surface area (Å²) in [7, 11) is 0. The Morgan fingerprint density at radius 2 is 2.24 bits per heavy atom. The first-order chi connectivity index (χ1) is 9.72. The van der Waals surface area contributed by atoms with Crippen LogP contribution in [0, 0.1) is 5.82 Å². The Hall–Kier alpha value is -0.890. The zero-order valence-electron chi connectivity index (χ0n) is 12.2. The van der Waals surface area contributed by atoms with Crippen LogP contribution in [0.4, 0.5) is 4.39 Å². The molecule has 0 amide bonds. The van der Waals surface area contributed by atoms with Crippen LogP contribution in [-0.4, -0.2) is 31.8 Å². The van der Waals surface area contributed by atoms with Gasteiger partial charge in [-0.3, -0.25) is 4.99 Å². The fraction of sp³-hybridized carbons (Fsp3) is 0.533. The summed E-state index contributed by atoms with van der Waals surface area (Å²) >= 11 is 0. The van der Waals surface area contributed by atoms with Gasteiger partial charge < -0.3 is 15.8 Å². The van der Waals surface area contributed by atoms with Gasteiger partial charge in [-0.05, 0) is 31.4 Å². The normalized spacial score (nSPS) is 20.8. The van der Waals surface area contributed by atoms with Crippen molar-refractivity contribution < 1.29 is 9.13 Å². The number of rotatable bonds is 7. The Morgan fingerprint density at radius 3 is 2.95 bits per heavy atom. The van der Waals surface area contributed by atoms with Gasteiger partial charge in [0.25, 0.3) is 0 Å². The molecule has 1 aliphatic rings. The first kappa shape index (κ1) is 18.2. The third-order valence-electron chi connectivity index (χ3n) is 3.36. The topological polar surface area (TPSA) is 59.6 Å². The maximum absolute atomic E-state index is 13.6. The zero-order chi connectivity index (χ0) is 14.4. The number of nitrogens with two attached hydrogens (primary N) is 1. The number of benzene rings is 1. The van der Waals surface area contributed by atoms with Crippen molar-refractivity contribution in [3.8, 4) is 0 Å². The van der Waals surface area contributed by atoms with Crippen molar-refractivity contribution in [1.29, 1.82) is 0 Å². The molecule has 0 spiro atoms. The molecule has 0 aliphatic heterocycles. The molecule has 0 bridgehead atoms. The van der Waals surface area contributed by atoms with Crippen LogP contribution in [-0.2, 0) is 4.74 Å². The van der Waals surface area contributed by atoms with Crippen LogP contribution in [0.15, 0.2) is 29.3 Å². The molecule has 4 nitrogen and oxygen atoms in total. The molecule has 1 aliphatic carbocycles. The van der Waals surface area contributed by atoms with Crippen LogP contribution in [0.5, 0.6) is 0 Å². The number of hydrogen-bond donors (Lipinski definition) is 2. The summed E-state index contributed by atoms with van der Waals surface area (Å²) in [4.78, 5) is 4.24. The molecule has 118 valence electrons. The van der Waals surface area contributed by atoms with Crippen molar-refractivity contribution in [2.24, 2.45) is 10.7 Å². The Bertz CT molecular complexity index is 470. The molecular formula is C15H23FIN3O. The largest absolute Gasteiger partial charge is 0.382 e. The second-order valence-electron chi connectivity index (χ2n) is 4.93. The summed E-state index contributed by atoms with van der Waals surface area (Å²) in [6.07, 6.45) is 1.76. The highest BCUT2D eigenvalue weighted by Gasteiger charge is 2.40. The lowest BCUT2D eigenvalue weighted by atomic mass is 10.1. The quantitative estimate of drug-likeness (QED) is 0.316.